The molecule has 28 heavy (non-hydrogen) atoms. The van der Waals surface area contributed by atoms with Crippen molar-refractivity contribution in [1.82, 2.24) is 14.9 Å². The van der Waals surface area contributed by atoms with Gasteiger partial charge in [0, 0.05) is 31.0 Å². The van der Waals surface area contributed by atoms with Crippen LogP contribution in [0, 0.1) is 11.2 Å². The molecular weight excluding hydrogens is 377 g/mol. The summed E-state index contributed by atoms with van der Waals surface area (Å²) in [6.45, 7) is 4.20. The van der Waals surface area contributed by atoms with Gasteiger partial charge >= 0.3 is 5.97 Å². The zero-order valence-corrected chi connectivity index (χ0v) is 17.2. The van der Waals surface area contributed by atoms with Gasteiger partial charge in [0.25, 0.3) is 0 Å². The van der Waals surface area contributed by atoms with Crippen LogP contribution in [-0.2, 0) is 22.5 Å². The number of hydrogen-bond donors (Lipinski definition) is 0. The van der Waals surface area contributed by atoms with E-state index in [0.717, 1.165) is 23.7 Å². The van der Waals surface area contributed by atoms with E-state index in [1.165, 1.54) is 17.8 Å². The molecule has 0 saturated carbocycles. The van der Waals surface area contributed by atoms with Gasteiger partial charge in [0.05, 0.1) is 12.0 Å². The Balaban J connectivity index is 1.80. The van der Waals surface area contributed by atoms with Crippen LogP contribution in [0.1, 0.15) is 30.9 Å². The molecule has 0 radical (unpaired) electrons. The van der Waals surface area contributed by atoms with E-state index in [-0.39, 0.29) is 11.8 Å². The molecule has 1 aromatic carbocycles. The first kappa shape index (κ1) is 20.7. The number of benzene rings is 1. The second kappa shape index (κ2) is 9.47. The number of carbonyl (C=O) groups excluding carboxylic acids is 1. The van der Waals surface area contributed by atoms with E-state index in [0.29, 0.717) is 38.1 Å². The second-order valence-electron chi connectivity index (χ2n) is 7.16. The maximum absolute atomic E-state index is 14.3. The molecule has 1 aromatic heterocycles. The topological polar surface area (TPSA) is 55.3 Å². The molecule has 2 heterocycles. The van der Waals surface area contributed by atoms with Crippen LogP contribution in [0.4, 0.5) is 4.39 Å². The van der Waals surface area contributed by atoms with Crippen molar-refractivity contribution in [3.05, 3.63) is 53.6 Å². The molecule has 0 amide bonds. The van der Waals surface area contributed by atoms with E-state index in [1.807, 2.05) is 24.7 Å². The fourth-order valence-electron chi connectivity index (χ4n) is 3.82. The molecule has 1 aliphatic rings. The number of nitrogens with zero attached hydrogens (tertiary/aromatic N) is 3. The average molecular weight is 404 g/mol. The molecule has 1 atom stereocenters. The Bertz CT molecular complexity index is 802. The van der Waals surface area contributed by atoms with Crippen LogP contribution in [-0.4, -0.2) is 46.8 Å². The highest BCUT2D eigenvalue weighted by atomic mass is 32.2. The van der Waals surface area contributed by atoms with Gasteiger partial charge in [-0.2, -0.15) is 0 Å². The fraction of sp³-hybridized carbons (Fsp3) is 0.476. The standard InChI is InChI=1S/C21H26FN3O2S/c1-3-27-19(26)21(11-17-7-4-5-8-18(17)22)9-6-10-25(15-21)14-16-12-23-20(28-2)24-13-16/h4-5,7-8,12-13H,3,6,9-11,14-15H2,1-2H3/t21-/m1/s1. The number of piperidine rings is 1. The number of esters is 1. The van der Waals surface area contributed by atoms with Gasteiger partial charge in [0.1, 0.15) is 5.82 Å². The van der Waals surface area contributed by atoms with Crippen molar-refractivity contribution in [2.75, 3.05) is 26.0 Å². The summed E-state index contributed by atoms with van der Waals surface area (Å²) in [4.78, 5) is 23.8. The molecule has 7 heteroatoms. The van der Waals surface area contributed by atoms with Crippen LogP contribution in [0.2, 0.25) is 0 Å². The van der Waals surface area contributed by atoms with E-state index < -0.39 is 5.41 Å². The molecule has 0 unspecified atom stereocenters. The van der Waals surface area contributed by atoms with Gasteiger partial charge < -0.3 is 4.74 Å². The lowest BCUT2D eigenvalue weighted by atomic mass is 9.75. The summed E-state index contributed by atoms with van der Waals surface area (Å²) in [6, 6.07) is 6.67. The maximum atomic E-state index is 14.3. The predicted molar refractivity (Wildman–Crippen MR) is 107 cm³/mol. The van der Waals surface area contributed by atoms with E-state index in [2.05, 4.69) is 14.9 Å². The lowest BCUT2D eigenvalue weighted by Crippen LogP contribution is -2.49. The van der Waals surface area contributed by atoms with Gasteiger partial charge in [0.2, 0.25) is 0 Å². The molecule has 150 valence electrons. The van der Waals surface area contributed by atoms with Gasteiger partial charge in [0.15, 0.2) is 5.16 Å². The van der Waals surface area contributed by atoms with Crippen LogP contribution in [0.25, 0.3) is 0 Å². The van der Waals surface area contributed by atoms with Crippen LogP contribution in [0.5, 0.6) is 0 Å². The minimum absolute atomic E-state index is 0.239. The molecule has 3 rings (SSSR count). The lowest BCUT2D eigenvalue weighted by Gasteiger charge is -2.41. The first-order chi connectivity index (χ1) is 13.6. The molecular formula is C21H26FN3O2S. The first-order valence-electron chi connectivity index (χ1n) is 9.54. The fourth-order valence-corrected chi connectivity index (χ4v) is 4.14. The largest absolute Gasteiger partial charge is 0.466 e. The van der Waals surface area contributed by atoms with Crippen molar-refractivity contribution in [3.63, 3.8) is 0 Å². The number of hydrogen-bond acceptors (Lipinski definition) is 6. The van der Waals surface area contributed by atoms with Crippen molar-refractivity contribution >= 4 is 17.7 Å². The minimum atomic E-state index is -0.740. The summed E-state index contributed by atoms with van der Waals surface area (Å²) in [5, 5.41) is 0.739. The van der Waals surface area contributed by atoms with Crippen LogP contribution >= 0.6 is 11.8 Å². The van der Waals surface area contributed by atoms with Gasteiger partial charge in [-0.3, -0.25) is 9.69 Å². The number of rotatable bonds is 7. The summed E-state index contributed by atoms with van der Waals surface area (Å²) in [5.74, 6) is -0.513. The predicted octanol–water partition coefficient (Wildman–Crippen LogP) is 3.73. The zero-order valence-electron chi connectivity index (χ0n) is 16.4. The van der Waals surface area contributed by atoms with Crippen LogP contribution < -0.4 is 0 Å². The number of aromatic nitrogens is 2. The molecule has 0 aliphatic carbocycles. The average Bonchev–Trinajstić information content (AvgIpc) is 2.71. The summed E-state index contributed by atoms with van der Waals surface area (Å²) >= 11 is 1.50. The Kier molecular flexibility index (Phi) is 7.02. The Morgan fingerprint density at radius 3 is 2.75 bits per heavy atom. The molecule has 1 fully saturated rings. The Morgan fingerprint density at radius 1 is 1.32 bits per heavy atom. The second-order valence-corrected chi connectivity index (χ2v) is 7.93. The van der Waals surface area contributed by atoms with Crippen LogP contribution in [0.15, 0.2) is 41.8 Å². The van der Waals surface area contributed by atoms with Crippen molar-refractivity contribution in [2.45, 2.75) is 37.9 Å². The number of likely N-dealkylation sites (tertiary alicyclic amines) is 1. The van der Waals surface area contributed by atoms with Gasteiger partial charge in [-0.25, -0.2) is 14.4 Å². The SMILES string of the molecule is CCOC(=O)[C@@]1(Cc2ccccc2F)CCCN(Cc2cnc(SC)nc2)C1. The third kappa shape index (κ3) is 4.89. The van der Waals surface area contributed by atoms with Crippen molar-refractivity contribution in [2.24, 2.45) is 5.41 Å². The molecule has 0 bridgehead atoms. The quantitative estimate of drug-likeness (QED) is 0.399. The maximum Gasteiger partial charge on any atom is 0.313 e. The van der Waals surface area contributed by atoms with Crippen molar-refractivity contribution in [1.29, 1.82) is 0 Å². The van der Waals surface area contributed by atoms with E-state index in [1.54, 1.807) is 19.1 Å². The monoisotopic (exact) mass is 403 g/mol. The molecule has 0 spiro atoms. The highest BCUT2D eigenvalue weighted by molar-refractivity contribution is 7.98. The summed E-state index contributed by atoms with van der Waals surface area (Å²) in [5.41, 5.74) is 0.824. The Hall–Kier alpha value is -1.99. The summed E-state index contributed by atoms with van der Waals surface area (Å²) < 4.78 is 19.7. The summed E-state index contributed by atoms with van der Waals surface area (Å²) in [6.07, 6.45) is 7.50. The van der Waals surface area contributed by atoms with E-state index in [9.17, 15) is 9.18 Å². The number of carbonyl (C=O) groups is 1. The number of halogens is 1. The number of thioether (sulfide) groups is 1. The first-order valence-corrected chi connectivity index (χ1v) is 10.8. The van der Waals surface area contributed by atoms with Crippen molar-refractivity contribution in [3.8, 4) is 0 Å². The normalized spacial score (nSPS) is 20.1. The molecule has 1 saturated heterocycles. The lowest BCUT2D eigenvalue weighted by molar-refractivity contribution is -0.159. The smallest absolute Gasteiger partial charge is 0.313 e. The third-order valence-corrected chi connectivity index (χ3v) is 5.70. The van der Waals surface area contributed by atoms with Gasteiger partial charge in [-0.1, -0.05) is 30.0 Å². The van der Waals surface area contributed by atoms with E-state index >= 15 is 0 Å². The van der Waals surface area contributed by atoms with Crippen molar-refractivity contribution < 1.29 is 13.9 Å². The highest BCUT2D eigenvalue weighted by Crippen LogP contribution is 2.36. The molecule has 0 N–H and O–H groups in total. The third-order valence-electron chi connectivity index (χ3n) is 5.12. The Labute approximate surface area is 169 Å². The van der Waals surface area contributed by atoms with Gasteiger partial charge in [-0.15, -0.1) is 0 Å². The molecule has 2 aromatic rings. The van der Waals surface area contributed by atoms with Gasteiger partial charge in [-0.05, 0) is 50.6 Å². The molecule has 1 aliphatic heterocycles. The van der Waals surface area contributed by atoms with Crippen LogP contribution in [0.3, 0.4) is 0 Å². The Morgan fingerprint density at radius 2 is 2.07 bits per heavy atom. The molecule has 5 nitrogen and oxygen atoms in total. The highest BCUT2D eigenvalue weighted by Gasteiger charge is 2.44. The number of ether oxygens (including phenoxy) is 1. The van der Waals surface area contributed by atoms with E-state index in [4.69, 9.17) is 4.74 Å². The minimum Gasteiger partial charge on any atom is -0.466 e. The zero-order chi connectivity index (χ0) is 20.0. The summed E-state index contributed by atoms with van der Waals surface area (Å²) in [7, 11) is 0.